The number of hydrogen-bond acceptors (Lipinski definition) is 5. The van der Waals surface area contributed by atoms with Crippen molar-refractivity contribution in [2.75, 3.05) is 6.26 Å². The maximum absolute atomic E-state index is 11.4. The molecule has 3 N–H and O–H groups in total. The van der Waals surface area contributed by atoms with E-state index < -0.39 is 9.84 Å². The van der Waals surface area contributed by atoms with Gasteiger partial charge in [-0.2, -0.15) is 5.10 Å². The van der Waals surface area contributed by atoms with Gasteiger partial charge in [0.25, 0.3) is 0 Å². The van der Waals surface area contributed by atoms with Gasteiger partial charge in [-0.05, 0) is 36.1 Å². The van der Waals surface area contributed by atoms with Crippen molar-refractivity contribution in [2.24, 2.45) is 12.9 Å². The summed E-state index contributed by atoms with van der Waals surface area (Å²) in [5.41, 5.74) is 4.89. The Kier molecular flexibility index (Phi) is 4.76. The summed E-state index contributed by atoms with van der Waals surface area (Å²) in [6.45, 7) is 0. The Balaban J connectivity index is 2.07. The SMILES string of the molecule is Cn1cc(CCC(NN)c2ccc(S(C)(=O)=O)cc2)cn1. The van der Waals surface area contributed by atoms with Crippen LogP contribution in [0.15, 0.2) is 41.6 Å². The molecule has 0 aliphatic carbocycles. The zero-order valence-electron chi connectivity index (χ0n) is 12.2. The van der Waals surface area contributed by atoms with Crippen LogP contribution in [-0.4, -0.2) is 24.5 Å². The minimum absolute atomic E-state index is 0.0289. The van der Waals surface area contributed by atoms with Crippen LogP contribution in [0.4, 0.5) is 0 Å². The number of nitrogens with one attached hydrogen (secondary N) is 1. The molecule has 1 atom stereocenters. The third-order valence-electron chi connectivity index (χ3n) is 3.39. The van der Waals surface area contributed by atoms with Crippen molar-refractivity contribution in [3.8, 4) is 0 Å². The summed E-state index contributed by atoms with van der Waals surface area (Å²) < 4.78 is 24.7. The minimum atomic E-state index is -3.17. The van der Waals surface area contributed by atoms with Gasteiger partial charge in [-0.25, -0.2) is 8.42 Å². The molecule has 0 radical (unpaired) electrons. The third-order valence-corrected chi connectivity index (χ3v) is 4.52. The first-order valence-corrected chi connectivity index (χ1v) is 8.53. The summed E-state index contributed by atoms with van der Waals surface area (Å²) in [6.07, 6.45) is 6.65. The highest BCUT2D eigenvalue weighted by molar-refractivity contribution is 7.90. The van der Waals surface area contributed by atoms with Crippen molar-refractivity contribution in [3.05, 3.63) is 47.8 Å². The van der Waals surface area contributed by atoms with Gasteiger partial charge < -0.3 is 0 Å². The summed E-state index contributed by atoms with van der Waals surface area (Å²) in [7, 11) is -1.29. The number of sulfone groups is 1. The van der Waals surface area contributed by atoms with E-state index in [0.29, 0.717) is 4.90 Å². The van der Waals surface area contributed by atoms with E-state index in [1.54, 1.807) is 28.9 Å². The molecule has 0 amide bonds. The molecule has 114 valence electrons. The van der Waals surface area contributed by atoms with Crippen LogP contribution in [0.3, 0.4) is 0 Å². The first-order chi connectivity index (χ1) is 9.90. The molecule has 0 aliphatic heterocycles. The summed E-state index contributed by atoms with van der Waals surface area (Å²) in [5, 5.41) is 4.13. The fourth-order valence-corrected chi connectivity index (χ4v) is 2.84. The quantitative estimate of drug-likeness (QED) is 0.613. The summed E-state index contributed by atoms with van der Waals surface area (Å²) >= 11 is 0. The van der Waals surface area contributed by atoms with Crippen LogP contribution in [0.2, 0.25) is 0 Å². The Labute approximate surface area is 124 Å². The zero-order valence-corrected chi connectivity index (χ0v) is 13.0. The molecule has 21 heavy (non-hydrogen) atoms. The van der Waals surface area contributed by atoms with Gasteiger partial charge >= 0.3 is 0 Å². The highest BCUT2D eigenvalue weighted by Crippen LogP contribution is 2.20. The Bertz CT molecular complexity index is 692. The van der Waals surface area contributed by atoms with Gasteiger partial charge in [0.1, 0.15) is 0 Å². The molecule has 1 aromatic heterocycles. The lowest BCUT2D eigenvalue weighted by Crippen LogP contribution is -2.28. The maximum Gasteiger partial charge on any atom is 0.175 e. The van der Waals surface area contributed by atoms with E-state index in [0.717, 1.165) is 24.0 Å². The van der Waals surface area contributed by atoms with E-state index >= 15 is 0 Å². The average Bonchev–Trinajstić information content (AvgIpc) is 2.85. The second-order valence-electron chi connectivity index (χ2n) is 5.12. The number of aromatic nitrogens is 2. The van der Waals surface area contributed by atoms with Crippen LogP contribution in [0.1, 0.15) is 23.6 Å². The van der Waals surface area contributed by atoms with E-state index in [1.165, 1.54) is 6.26 Å². The number of hydrazine groups is 1. The van der Waals surface area contributed by atoms with Gasteiger partial charge in [0, 0.05) is 25.5 Å². The molecule has 1 heterocycles. The molecule has 0 saturated heterocycles. The Hall–Kier alpha value is -1.70. The topological polar surface area (TPSA) is 90.0 Å². The molecule has 0 spiro atoms. The van der Waals surface area contributed by atoms with Crippen molar-refractivity contribution >= 4 is 9.84 Å². The van der Waals surface area contributed by atoms with Gasteiger partial charge in [0.15, 0.2) is 9.84 Å². The lowest BCUT2D eigenvalue weighted by Gasteiger charge is -2.16. The molecule has 1 aromatic carbocycles. The normalized spacial score (nSPS) is 13.3. The van der Waals surface area contributed by atoms with E-state index in [-0.39, 0.29) is 6.04 Å². The van der Waals surface area contributed by atoms with Crippen LogP contribution in [0.5, 0.6) is 0 Å². The smallest absolute Gasteiger partial charge is 0.175 e. The standard InChI is InChI=1S/C14H20N4O2S/c1-18-10-11(9-16-18)3-8-14(17-15)12-4-6-13(7-5-12)21(2,19)20/h4-7,9-10,14,17H,3,8,15H2,1-2H3. The molecule has 0 bridgehead atoms. The van der Waals surface area contributed by atoms with Gasteiger partial charge in [-0.3, -0.25) is 16.0 Å². The summed E-state index contributed by atoms with van der Waals surface area (Å²) in [4.78, 5) is 0.314. The molecular weight excluding hydrogens is 288 g/mol. The van der Waals surface area contributed by atoms with Crippen LogP contribution in [0, 0.1) is 0 Å². The van der Waals surface area contributed by atoms with Crippen molar-refractivity contribution in [3.63, 3.8) is 0 Å². The van der Waals surface area contributed by atoms with Crippen molar-refractivity contribution < 1.29 is 8.42 Å². The predicted molar refractivity (Wildman–Crippen MR) is 81.1 cm³/mol. The Morgan fingerprint density at radius 3 is 2.48 bits per heavy atom. The second kappa shape index (κ2) is 6.38. The highest BCUT2D eigenvalue weighted by atomic mass is 32.2. The Morgan fingerprint density at radius 1 is 1.33 bits per heavy atom. The van der Waals surface area contributed by atoms with Crippen molar-refractivity contribution in [1.82, 2.24) is 15.2 Å². The number of hydrogen-bond donors (Lipinski definition) is 2. The molecule has 7 heteroatoms. The van der Waals surface area contributed by atoms with Gasteiger partial charge in [-0.15, -0.1) is 0 Å². The van der Waals surface area contributed by atoms with Crippen molar-refractivity contribution in [1.29, 1.82) is 0 Å². The van der Waals surface area contributed by atoms with Gasteiger partial charge in [0.05, 0.1) is 11.1 Å². The Morgan fingerprint density at radius 2 is 2.00 bits per heavy atom. The average molecular weight is 308 g/mol. The third kappa shape index (κ3) is 4.13. The molecule has 0 aliphatic rings. The number of benzene rings is 1. The molecule has 0 fully saturated rings. The highest BCUT2D eigenvalue weighted by Gasteiger charge is 2.12. The first kappa shape index (κ1) is 15.7. The number of aryl methyl sites for hydroxylation is 2. The first-order valence-electron chi connectivity index (χ1n) is 6.64. The summed E-state index contributed by atoms with van der Waals surface area (Å²) in [6, 6.07) is 6.78. The molecular formula is C14H20N4O2S. The minimum Gasteiger partial charge on any atom is -0.276 e. The van der Waals surface area contributed by atoms with Crippen LogP contribution >= 0.6 is 0 Å². The summed E-state index contributed by atoms with van der Waals surface area (Å²) in [5.74, 6) is 5.61. The van der Waals surface area contributed by atoms with Crippen molar-refractivity contribution in [2.45, 2.75) is 23.8 Å². The zero-order chi connectivity index (χ0) is 15.5. The second-order valence-corrected chi connectivity index (χ2v) is 7.14. The molecule has 2 rings (SSSR count). The fourth-order valence-electron chi connectivity index (χ4n) is 2.21. The lowest BCUT2D eigenvalue weighted by atomic mass is 10.0. The van der Waals surface area contributed by atoms with E-state index in [1.807, 2.05) is 19.4 Å². The molecule has 2 aromatic rings. The van der Waals surface area contributed by atoms with Gasteiger partial charge in [0.2, 0.25) is 0 Å². The maximum atomic E-state index is 11.4. The van der Waals surface area contributed by atoms with E-state index in [2.05, 4.69) is 10.5 Å². The van der Waals surface area contributed by atoms with Crippen LogP contribution in [0.25, 0.3) is 0 Å². The van der Waals surface area contributed by atoms with Gasteiger partial charge in [-0.1, -0.05) is 12.1 Å². The van der Waals surface area contributed by atoms with Crippen LogP contribution in [-0.2, 0) is 23.3 Å². The number of nitrogens with two attached hydrogens (primary N) is 1. The number of nitrogens with zero attached hydrogens (tertiary/aromatic N) is 2. The largest absolute Gasteiger partial charge is 0.276 e. The molecule has 6 nitrogen and oxygen atoms in total. The number of rotatable bonds is 6. The van der Waals surface area contributed by atoms with E-state index in [4.69, 9.17) is 5.84 Å². The van der Waals surface area contributed by atoms with Crippen LogP contribution < -0.4 is 11.3 Å². The predicted octanol–water partition coefficient (Wildman–Crippen LogP) is 0.961. The molecule has 1 unspecified atom stereocenters. The lowest BCUT2D eigenvalue weighted by molar-refractivity contribution is 0.516. The monoisotopic (exact) mass is 308 g/mol. The molecule has 0 saturated carbocycles. The fraction of sp³-hybridized carbons (Fsp3) is 0.357. The van der Waals surface area contributed by atoms with E-state index in [9.17, 15) is 8.42 Å².